The van der Waals surface area contributed by atoms with Crippen molar-refractivity contribution in [1.29, 1.82) is 0 Å². The number of imidazole rings is 1. The van der Waals surface area contributed by atoms with Crippen LogP contribution in [0.2, 0.25) is 0 Å². The third-order valence-electron chi connectivity index (χ3n) is 6.68. The van der Waals surface area contributed by atoms with Crippen molar-refractivity contribution < 1.29 is 9.53 Å². The first-order valence-corrected chi connectivity index (χ1v) is 10.8. The van der Waals surface area contributed by atoms with Gasteiger partial charge in [0, 0.05) is 66.7 Å². The lowest BCUT2D eigenvalue weighted by molar-refractivity contribution is -0.136. The van der Waals surface area contributed by atoms with E-state index >= 15 is 0 Å². The molecule has 0 unspecified atom stereocenters. The minimum Gasteiger partial charge on any atom is -0.480 e. The molecule has 10 heteroatoms. The molecule has 0 spiro atoms. The molecule has 1 amide bonds. The summed E-state index contributed by atoms with van der Waals surface area (Å²) >= 11 is 0. The van der Waals surface area contributed by atoms with Crippen LogP contribution in [0.15, 0.2) is 31.0 Å². The van der Waals surface area contributed by atoms with Crippen LogP contribution in [0.1, 0.15) is 32.6 Å². The molecule has 10 nitrogen and oxygen atoms in total. The smallest absolute Gasteiger partial charge is 0.233 e. The van der Waals surface area contributed by atoms with Gasteiger partial charge in [-0.3, -0.25) is 9.20 Å². The molecule has 0 atom stereocenters. The summed E-state index contributed by atoms with van der Waals surface area (Å²) in [4.78, 5) is 35.3. The minimum absolute atomic E-state index is 0.0714. The molecular formula is C22H24N8O2. The molecule has 0 radical (unpaired) electrons. The first kappa shape index (κ1) is 19.0. The second kappa shape index (κ2) is 6.91. The van der Waals surface area contributed by atoms with Gasteiger partial charge < -0.3 is 19.9 Å². The Morgan fingerprint density at radius 1 is 1.28 bits per heavy atom. The van der Waals surface area contributed by atoms with Gasteiger partial charge in [0.1, 0.15) is 5.65 Å². The number of H-pyrrole nitrogens is 1. The quantitative estimate of drug-likeness (QED) is 0.498. The average molecular weight is 432 g/mol. The van der Waals surface area contributed by atoms with Gasteiger partial charge in [0.25, 0.3) is 0 Å². The SMILES string of the molecule is COc1nc(NC2CC(C)(N3CCCC3=O)C2)nc2[nH]cc(-c3cnc4nccn4c3)c12. The highest BCUT2D eigenvalue weighted by atomic mass is 16.5. The van der Waals surface area contributed by atoms with E-state index in [0.29, 0.717) is 29.7 Å². The van der Waals surface area contributed by atoms with Crippen LogP contribution in [0, 0.1) is 0 Å². The maximum absolute atomic E-state index is 12.1. The summed E-state index contributed by atoms with van der Waals surface area (Å²) in [5.41, 5.74) is 2.44. The molecular weight excluding hydrogens is 408 g/mol. The van der Waals surface area contributed by atoms with Crippen molar-refractivity contribution in [1.82, 2.24) is 34.2 Å². The number of ether oxygens (including phenoxy) is 1. The van der Waals surface area contributed by atoms with Gasteiger partial charge >= 0.3 is 0 Å². The molecule has 5 heterocycles. The van der Waals surface area contributed by atoms with Gasteiger partial charge in [-0.25, -0.2) is 9.97 Å². The first-order valence-electron chi connectivity index (χ1n) is 10.8. The zero-order valence-corrected chi connectivity index (χ0v) is 18.0. The first-order chi connectivity index (χ1) is 15.5. The van der Waals surface area contributed by atoms with Crippen LogP contribution in [0.5, 0.6) is 5.88 Å². The van der Waals surface area contributed by atoms with E-state index in [9.17, 15) is 4.79 Å². The van der Waals surface area contributed by atoms with Crippen molar-refractivity contribution in [3.8, 4) is 17.0 Å². The molecule has 4 aromatic heterocycles. The molecule has 1 aliphatic heterocycles. The summed E-state index contributed by atoms with van der Waals surface area (Å²) in [7, 11) is 1.61. The second-order valence-corrected chi connectivity index (χ2v) is 8.85. The highest BCUT2D eigenvalue weighted by molar-refractivity contribution is 5.97. The van der Waals surface area contributed by atoms with E-state index in [-0.39, 0.29) is 17.5 Å². The van der Waals surface area contributed by atoms with Crippen LogP contribution >= 0.6 is 0 Å². The van der Waals surface area contributed by atoms with Crippen molar-refractivity contribution in [3.63, 3.8) is 0 Å². The van der Waals surface area contributed by atoms with Crippen molar-refractivity contribution in [2.75, 3.05) is 19.0 Å². The average Bonchev–Trinajstić information content (AvgIpc) is 3.50. The number of hydrogen-bond acceptors (Lipinski definition) is 7. The molecule has 1 saturated heterocycles. The monoisotopic (exact) mass is 432 g/mol. The standard InChI is InChI=1S/C22H24N8O2/c1-22(30-6-3-4-16(30)31)8-14(9-22)26-20-27-18-17(19(28-20)32-2)15(11-24-18)13-10-25-21-23-5-7-29(21)12-13/h5,7,10-12,14H,3-4,6,8-9H2,1-2H3,(H2,24,26,27,28). The second-order valence-electron chi connectivity index (χ2n) is 8.85. The summed E-state index contributed by atoms with van der Waals surface area (Å²) in [6.45, 7) is 3.03. The lowest BCUT2D eigenvalue weighted by Gasteiger charge is -2.51. The molecule has 1 aliphatic carbocycles. The molecule has 2 fully saturated rings. The topological polar surface area (TPSA) is 113 Å². The maximum atomic E-state index is 12.1. The number of methoxy groups -OCH3 is 1. The lowest BCUT2D eigenvalue weighted by atomic mass is 9.73. The number of hydrogen-bond donors (Lipinski definition) is 2. The summed E-state index contributed by atoms with van der Waals surface area (Å²) in [6.07, 6.45) is 12.6. The number of nitrogens with one attached hydrogen (secondary N) is 2. The Morgan fingerprint density at radius 3 is 2.94 bits per heavy atom. The molecule has 2 N–H and O–H groups in total. The number of nitrogens with zero attached hydrogens (tertiary/aromatic N) is 6. The maximum Gasteiger partial charge on any atom is 0.233 e. The summed E-state index contributed by atoms with van der Waals surface area (Å²) in [5.74, 6) is 1.93. The summed E-state index contributed by atoms with van der Waals surface area (Å²) in [5, 5.41) is 4.23. The van der Waals surface area contributed by atoms with Crippen molar-refractivity contribution in [2.24, 2.45) is 0 Å². The molecule has 32 heavy (non-hydrogen) atoms. The normalized spacial score (nSPS) is 23.1. The Labute approximate surface area is 184 Å². The Kier molecular flexibility index (Phi) is 4.11. The van der Waals surface area contributed by atoms with Crippen LogP contribution in [0.25, 0.3) is 27.9 Å². The zero-order valence-electron chi connectivity index (χ0n) is 18.0. The zero-order chi connectivity index (χ0) is 21.9. The number of anilines is 1. The molecule has 6 rings (SSSR count). The highest BCUT2D eigenvalue weighted by Crippen LogP contribution is 2.41. The highest BCUT2D eigenvalue weighted by Gasteiger charge is 2.48. The third kappa shape index (κ3) is 2.89. The number of aromatic nitrogens is 6. The molecule has 0 aromatic carbocycles. The number of aromatic amines is 1. The van der Waals surface area contributed by atoms with E-state index in [0.717, 1.165) is 42.3 Å². The van der Waals surface area contributed by atoms with E-state index in [1.165, 1.54) is 0 Å². The van der Waals surface area contributed by atoms with Crippen LogP contribution < -0.4 is 10.1 Å². The molecule has 2 aliphatic rings. The lowest BCUT2D eigenvalue weighted by Crippen LogP contribution is -2.59. The Balaban J connectivity index is 1.27. The van der Waals surface area contributed by atoms with Crippen LogP contribution in [-0.2, 0) is 4.79 Å². The number of carbonyl (C=O) groups is 1. The molecule has 164 valence electrons. The van der Waals surface area contributed by atoms with Gasteiger partial charge in [0.15, 0.2) is 0 Å². The van der Waals surface area contributed by atoms with Crippen LogP contribution in [0.3, 0.4) is 0 Å². The summed E-state index contributed by atoms with van der Waals surface area (Å²) in [6, 6.07) is 0.220. The van der Waals surface area contributed by atoms with Gasteiger partial charge in [0.2, 0.25) is 23.5 Å². The summed E-state index contributed by atoms with van der Waals surface area (Å²) < 4.78 is 7.50. The largest absolute Gasteiger partial charge is 0.480 e. The number of likely N-dealkylation sites (tertiary alicyclic amines) is 1. The number of amides is 1. The predicted octanol–water partition coefficient (Wildman–Crippen LogP) is 2.63. The predicted molar refractivity (Wildman–Crippen MR) is 118 cm³/mol. The Bertz CT molecular complexity index is 1340. The van der Waals surface area contributed by atoms with E-state index in [2.05, 4.69) is 37.2 Å². The fourth-order valence-corrected chi connectivity index (χ4v) is 5.12. The Hall–Kier alpha value is -3.69. The molecule has 1 saturated carbocycles. The van der Waals surface area contributed by atoms with E-state index in [4.69, 9.17) is 4.74 Å². The number of fused-ring (bicyclic) bond motifs is 2. The van der Waals surface area contributed by atoms with E-state index in [1.807, 2.05) is 27.9 Å². The van der Waals surface area contributed by atoms with Gasteiger partial charge in [-0.15, -0.1) is 0 Å². The molecule has 0 bridgehead atoms. The third-order valence-corrected chi connectivity index (χ3v) is 6.68. The van der Waals surface area contributed by atoms with Gasteiger partial charge in [-0.1, -0.05) is 0 Å². The minimum atomic E-state index is -0.0714. The number of carbonyl (C=O) groups excluding carboxylic acids is 1. The number of rotatable bonds is 5. The van der Waals surface area contributed by atoms with Crippen molar-refractivity contribution in [2.45, 2.75) is 44.2 Å². The van der Waals surface area contributed by atoms with Gasteiger partial charge in [-0.2, -0.15) is 9.97 Å². The van der Waals surface area contributed by atoms with Gasteiger partial charge in [-0.05, 0) is 26.2 Å². The van der Waals surface area contributed by atoms with Gasteiger partial charge in [0.05, 0.1) is 12.5 Å². The fourth-order valence-electron chi connectivity index (χ4n) is 5.12. The molecule has 4 aromatic rings. The van der Waals surface area contributed by atoms with Crippen molar-refractivity contribution in [3.05, 3.63) is 31.0 Å². The van der Waals surface area contributed by atoms with E-state index in [1.54, 1.807) is 19.5 Å². The Morgan fingerprint density at radius 2 is 2.16 bits per heavy atom. The van der Waals surface area contributed by atoms with E-state index < -0.39 is 0 Å². The fraction of sp³-hybridized carbons (Fsp3) is 0.409. The van der Waals surface area contributed by atoms with Crippen LogP contribution in [0.4, 0.5) is 5.95 Å². The van der Waals surface area contributed by atoms with Crippen molar-refractivity contribution >= 4 is 28.7 Å². The van der Waals surface area contributed by atoms with Crippen LogP contribution in [-0.4, -0.2) is 65.4 Å².